The lowest BCUT2D eigenvalue weighted by Gasteiger charge is -2.33. The summed E-state index contributed by atoms with van der Waals surface area (Å²) >= 11 is 12.7. The van der Waals surface area contributed by atoms with Crippen LogP contribution in [-0.4, -0.2) is 87.6 Å². The molecule has 1 aliphatic rings. The number of halogens is 2. The summed E-state index contributed by atoms with van der Waals surface area (Å²) in [6.45, 7) is 0.278. The minimum atomic E-state index is -1.76. The maximum atomic E-state index is 12.3. The topological polar surface area (TPSA) is 146 Å². The number of benzene rings is 2. The second-order valence-electron chi connectivity index (χ2n) is 8.46. The number of carbonyl (C=O) groups excluding carboxylic acids is 1. The molecule has 0 spiro atoms. The van der Waals surface area contributed by atoms with Gasteiger partial charge in [0.15, 0.2) is 0 Å². The quantitative estimate of drug-likeness (QED) is 0.280. The number of aliphatic hydroxyl groups excluding tert-OH is 5. The van der Waals surface area contributed by atoms with Crippen LogP contribution >= 0.6 is 23.2 Å². The normalized spacial score (nSPS) is 19.6. The van der Waals surface area contributed by atoms with E-state index in [1.54, 1.807) is 12.1 Å². The van der Waals surface area contributed by atoms with E-state index in [9.17, 15) is 25.2 Å². The van der Waals surface area contributed by atoms with Gasteiger partial charge in [-0.05, 0) is 48.0 Å². The van der Waals surface area contributed by atoms with Crippen LogP contribution in [0.1, 0.15) is 22.6 Å². The fraction of sp³-hybridized carbons (Fsp3) is 0.435. The number of nitrogens with one attached hydrogen (secondary N) is 2. The predicted octanol–water partition coefficient (Wildman–Crippen LogP) is 1.13. The van der Waals surface area contributed by atoms with Crippen LogP contribution in [0, 0.1) is 0 Å². The monoisotopic (exact) mass is 513 g/mol. The molecule has 5 atom stereocenters. The third-order valence-electron chi connectivity index (χ3n) is 5.84. The fourth-order valence-electron chi connectivity index (χ4n) is 4.02. The highest BCUT2D eigenvalue weighted by Crippen LogP contribution is 2.38. The predicted molar refractivity (Wildman–Crippen MR) is 129 cm³/mol. The summed E-state index contributed by atoms with van der Waals surface area (Å²) in [6, 6.07) is 10.4. The Labute approximate surface area is 207 Å². The molecule has 0 aliphatic carbocycles. The molecule has 1 aliphatic heterocycles. The number of urea groups is 1. The molecule has 2 aromatic rings. The third-order valence-corrected chi connectivity index (χ3v) is 6.39. The van der Waals surface area contributed by atoms with Crippen LogP contribution in [0.25, 0.3) is 0 Å². The molecule has 1 heterocycles. The molecule has 0 saturated heterocycles. The van der Waals surface area contributed by atoms with Gasteiger partial charge < -0.3 is 41.1 Å². The lowest BCUT2D eigenvalue weighted by atomic mass is 9.84. The Morgan fingerprint density at radius 2 is 1.82 bits per heavy atom. The fourth-order valence-corrected chi connectivity index (χ4v) is 4.59. The molecule has 34 heavy (non-hydrogen) atoms. The van der Waals surface area contributed by atoms with Gasteiger partial charge in [-0.3, -0.25) is 0 Å². The number of hydrogen-bond donors (Lipinski definition) is 7. The molecule has 0 radical (unpaired) electrons. The second kappa shape index (κ2) is 11.7. The Bertz CT molecular complexity index is 1010. The van der Waals surface area contributed by atoms with Crippen LogP contribution in [-0.2, 0) is 6.54 Å². The number of aliphatic hydroxyl groups is 5. The zero-order chi connectivity index (χ0) is 25.0. The summed E-state index contributed by atoms with van der Waals surface area (Å²) in [5.74, 6) is -0.00818. The van der Waals surface area contributed by atoms with Crippen molar-refractivity contribution in [3.63, 3.8) is 0 Å². The van der Waals surface area contributed by atoms with Gasteiger partial charge in [-0.25, -0.2) is 4.79 Å². The van der Waals surface area contributed by atoms with Crippen LogP contribution < -0.4 is 10.6 Å². The van der Waals surface area contributed by atoms with E-state index in [1.165, 1.54) is 0 Å². The Morgan fingerprint density at radius 1 is 1.12 bits per heavy atom. The van der Waals surface area contributed by atoms with Gasteiger partial charge in [0.05, 0.1) is 12.7 Å². The van der Waals surface area contributed by atoms with Crippen LogP contribution in [0.3, 0.4) is 0 Å². The van der Waals surface area contributed by atoms with Crippen molar-refractivity contribution in [1.82, 2.24) is 10.2 Å². The molecule has 2 aromatic carbocycles. The number of fused-ring (bicyclic) bond motifs is 1. The minimum absolute atomic E-state index is 0.00818. The van der Waals surface area contributed by atoms with Crippen molar-refractivity contribution >= 4 is 34.9 Å². The first-order chi connectivity index (χ1) is 16.1. The van der Waals surface area contributed by atoms with Crippen LogP contribution in [0.15, 0.2) is 36.4 Å². The van der Waals surface area contributed by atoms with Crippen molar-refractivity contribution in [2.45, 2.75) is 36.9 Å². The van der Waals surface area contributed by atoms with E-state index in [1.807, 2.05) is 31.3 Å². The zero-order valence-electron chi connectivity index (χ0n) is 18.5. The second-order valence-corrected chi connectivity index (χ2v) is 9.31. The maximum absolute atomic E-state index is 12.3. The summed E-state index contributed by atoms with van der Waals surface area (Å²) in [5.41, 5.74) is 3.53. The summed E-state index contributed by atoms with van der Waals surface area (Å²) in [5, 5.41) is 53.9. The zero-order valence-corrected chi connectivity index (χ0v) is 20.0. The number of carbonyl (C=O) groups is 1. The Kier molecular flexibility index (Phi) is 9.14. The van der Waals surface area contributed by atoms with E-state index in [0.717, 1.165) is 23.2 Å². The molecule has 0 saturated carbocycles. The number of nitrogens with zero attached hydrogens (tertiary/aromatic N) is 1. The third kappa shape index (κ3) is 6.38. The number of likely N-dealkylation sites (N-methyl/N-ethyl adjacent to an activating group) is 1. The first kappa shape index (κ1) is 26.7. The van der Waals surface area contributed by atoms with Crippen molar-refractivity contribution < 1.29 is 30.3 Å². The van der Waals surface area contributed by atoms with E-state index in [2.05, 4.69) is 15.5 Å². The van der Waals surface area contributed by atoms with Crippen molar-refractivity contribution in [2.75, 3.05) is 32.1 Å². The Balaban J connectivity index is 1.67. The maximum Gasteiger partial charge on any atom is 0.319 e. The molecule has 7 N–H and O–H groups in total. The van der Waals surface area contributed by atoms with E-state index in [0.29, 0.717) is 22.3 Å². The molecule has 0 fully saturated rings. The standard InChI is InChI=1S/C23H29Cl2N3O6/c1-28-9-16(15-6-13(24)7-18(25)17(15)10-28)12-3-2-4-14(5-12)27-23(34)26-8-19(30)21(32)22(33)20(31)11-29/h2-7,16,19-22,29-33H,8-11H2,1H3,(H2,26,27,34). The van der Waals surface area contributed by atoms with Gasteiger partial charge in [-0.1, -0.05) is 35.3 Å². The van der Waals surface area contributed by atoms with Gasteiger partial charge in [0.2, 0.25) is 0 Å². The first-order valence-electron chi connectivity index (χ1n) is 10.7. The Hall–Kier alpha value is -1.95. The van der Waals surface area contributed by atoms with Crippen LogP contribution in [0.4, 0.5) is 10.5 Å². The van der Waals surface area contributed by atoms with E-state index in [4.69, 9.17) is 28.3 Å². The molecule has 0 bridgehead atoms. The first-order valence-corrected chi connectivity index (χ1v) is 11.5. The lowest BCUT2D eigenvalue weighted by molar-refractivity contribution is -0.113. The van der Waals surface area contributed by atoms with E-state index in [-0.39, 0.29) is 12.5 Å². The summed E-state index contributed by atoms with van der Waals surface area (Å²) in [7, 11) is 2.01. The molecule has 9 nitrogen and oxygen atoms in total. The summed E-state index contributed by atoms with van der Waals surface area (Å²) in [4.78, 5) is 14.5. The summed E-state index contributed by atoms with van der Waals surface area (Å²) in [6.07, 6.45) is -6.69. The molecule has 11 heteroatoms. The van der Waals surface area contributed by atoms with Gasteiger partial charge >= 0.3 is 6.03 Å². The highest BCUT2D eigenvalue weighted by molar-refractivity contribution is 6.35. The van der Waals surface area contributed by atoms with Crippen molar-refractivity contribution in [1.29, 1.82) is 0 Å². The molecule has 0 aromatic heterocycles. The largest absolute Gasteiger partial charge is 0.394 e. The number of rotatable bonds is 8. The van der Waals surface area contributed by atoms with Gasteiger partial charge in [-0.15, -0.1) is 0 Å². The molecular weight excluding hydrogens is 485 g/mol. The van der Waals surface area contributed by atoms with Gasteiger partial charge in [0.1, 0.15) is 18.3 Å². The molecule has 3 rings (SSSR count). The number of hydrogen-bond acceptors (Lipinski definition) is 7. The number of anilines is 1. The van der Waals surface area contributed by atoms with Crippen molar-refractivity contribution in [3.8, 4) is 0 Å². The van der Waals surface area contributed by atoms with Crippen molar-refractivity contribution in [2.24, 2.45) is 0 Å². The molecule has 5 unspecified atom stereocenters. The lowest BCUT2D eigenvalue weighted by Crippen LogP contribution is -2.50. The molecule has 2 amide bonds. The SMILES string of the molecule is CN1Cc2c(Cl)cc(Cl)cc2C(c2cccc(NC(=O)NCC(O)C(O)C(O)C(O)CO)c2)C1. The van der Waals surface area contributed by atoms with Gasteiger partial charge in [0.25, 0.3) is 0 Å². The number of amides is 2. The van der Waals surface area contributed by atoms with Crippen LogP contribution in [0.2, 0.25) is 10.0 Å². The van der Waals surface area contributed by atoms with E-state index < -0.39 is 37.1 Å². The van der Waals surface area contributed by atoms with E-state index >= 15 is 0 Å². The van der Waals surface area contributed by atoms with Crippen LogP contribution in [0.5, 0.6) is 0 Å². The van der Waals surface area contributed by atoms with Crippen molar-refractivity contribution in [3.05, 3.63) is 63.1 Å². The average molecular weight is 514 g/mol. The Morgan fingerprint density at radius 3 is 2.53 bits per heavy atom. The average Bonchev–Trinajstić information content (AvgIpc) is 2.81. The highest BCUT2D eigenvalue weighted by Gasteiger charge is 2.30. The molecule has 186 valence electrons. The smallest absolute Gasteiger partial charge is 0.319 e. The molecular formula is C23H29Cl2N3O6. The van der Waals surface area contributed by atoms with Gasteiger partial charge in [-0.2, -0.15) is 0 Å². The highest BCUT2D eigenvalue weighted by atomic mass is 35.5. The minimum Gasteiger partial charge on any atom is -0.394 e. The summed E-state index contributed by atoms with van der Waals surface area (Å²) < 4.78 is 0. The van der Waals surface area contributed by atoms with Gasteiger partial charge in [0, 0.05) is 41.3 Å².